The minimum Gasteiger partial charge on any atom is -0.331 e. The zero-order chi connectivity index (χ0) is 5.91. The summed E-state index contributed by atoms with van der Waals surface area (Å²) in [5, 5.41) is 0. The Morgan fingerprint density at radius 2 is 3.00 bits per heavy atom. The van der Waals surface area contributed by atoms with Crippen molar-refractivity contribution in [2.75, 3.05) is 6.54 Å². The number of hydrogen-bond donors (Lipinski definition) is 1. The maximum atomic E-state index is 6.72. The monoisotopic (exact) mass is 81.1 g/mol. The summed E-state index contributed by atoms with van der Waals surface area (Å²) in [4.78, 5) is 0. The molecule has 0 fully saturated rings. The molecule has 0 amide bonds. The van der Waals surface area contributed by atoms with Gasteiger partial charge in [0.2, 0.25) is 0 Å². The van der Waals surface area contributed by atoms with Gasteiger partial charge in [-0.05, 0) is 6.54 Å². The molecule has 0 spiro atoms. The summed E-state index contributed by atoms with van der Waals surface area (Å²) >= 11 is 0. The molecule has 0 aliphatic rings. The Kier molecular flexibility index (Phi) is 0.878. The lowest BCUT2D eigenvalue weighted by atomic mass is 10.8. The highest BCUT2D eigenvalue weighted by Crippen LogP contribution is 1.51. The lowest BCUT2D eigenvalue weighted by Crippen LogP contribution is -1.94. The van der Waals surface area contributed by atoms with Crippen LogP contribution in [0.5, 0.6) is 0 Å². The molecule has 0 unspecified atom stereocenters. The van der Waals surface area contributed by atoms with Crippen LogP contribution in [0.4, 0.5) is 0 Å². The van der Waals surface area contributed by atoms with E-state index in [0.717, 1.165) is 0 Å². The van der Waals surface area contributed by atoms with Gasteiger partial charge in [-0.3, -0.25) is 0 Å². The topological polar surface area (TPSA) is 26.0 Å². The van der Waals surface area contributed by atoms with Crippen LogP contribution >= 0.6 is 0 Å². The minimum atomic E-state index is -3.03. The highest BCUT2D eigenvalue weighted by Gasteiger charge is 1.56. The Morgan fingerprint density at radius 1 is 2.25 bits per heavy atom. The van der Waals surface area contributed by atoms with E-state index in [2.05, 4.69) is 0 Å². The van der Waals surface area contributed by atoms with Crippen molar-refractivity contribution in [1.29, 1.82) is 3.70 Å². The smallest absolute Gasteiger partial charge is 0.00734 e. The van der Waals surface area contributed by atoms with Crippen molar-refractivity contribution in [2.24, 2.45) is 5.73 Å². The first-order chi connectivity index (χ1) is 3.06. The van der Waals surface area contributed by atoms with Gasteiger partial charge in [0.05, 0.1) is 0 Å². The molecule has 2 N–H and O–H groups in total. The largest absolute Gasteiger partial charge is 0.331 e. The normalized spacial score (nSPS) is 21.8. The Morgan fingerprint density at radius 3 is 3.00 bits per heavy atom. The fraction of sp³-hybridized carbons (Fsp3) is 1.00. The Bertz CT molecular complexity index is 51.4. The van der Waals surface area contributed by atoms with Crippen LogP contribution < -0.4 is 5.73 Å². The van der Waals surface area contributed by atoms with Crippen LogP contribution in [0.25, 0.3) is 0 Å². The van der Waals surface area contributed by atoms with Crippen molar-refractivity contribution in [3.8, 4) is 0 Å². The average molecular weight is 81.2 g/mol. The molecule has 26 valence electrons. The third-order valence-electron chi connectivity index (χ3n) is 0.144. The molecule has 0 aromatic heterocycles. The summed E-state index contributed by atoms with van der Waals surface area (Å²) < 4.78 is 20.2. The van der Waals surface area contributed by atoms with E-state index in [1.165, 1.54) is 0 Å². The summed E-state index contributed by atoms with van der Waals surface area (Å²) in [6.07, 6.45) is 0. The first kappa shape index (κ1) is 1.10. The molecule has 0 radical (unpaired) electrons. The molecular formula is C2H9NSi. The number of nitrogens with two attached hydrogens (primary N) is 1. The predicted molar refractivity (Wildman–Crippen MR) is 23.8 cm³/mol. The second kappa shape index (κ2) is 3.18. The van der Waals surface area contributed by atoms with E-state index in [1.807, 2.05) is 0 Å². The first-order valence-corrected chi connectivity index (χ1v) is 1.97. The third-order valence-corrected chi connectivity index (χ3v) is 0.433. The molecule has 0 saturated carbocycles. The molecule has 0 heterocycles. The van der Waals surface area contributed by atoms with Crippen LogP contribution in [0.2, 0.25) is 6.04 Å². The maximum Gasteiger partial charge on any atom is 0.00734 e. The molecule has 0 aromatic rings. The van der Waals surface area contributed by atoms with Gasteiger partial charge in [-0.25, -0.2) is 0 Å². The van der Waals surface area contributed by atoms with Gasteiger partial charge in [-0.1, -0.05) is 6.04 Å². The molecule has 0 aliphatic heterocycles. The molecule has 0 bridgehead atoms. The zero-order valence-corrected chi connectivity index (χ0v) is 3.49. The van der Waals surface area contributed by atoms with E-state index in [9.17, 15) is 0 Å². The Labute approximate surface area is 33.3 Å². The van der Waals surface area contributed by atoms with Crippen molar-refractivity contribution in [1.82, 2.24) is 0 Å². The summed E-state index contributed by atoms with van der Waals surface area (Å²) in [6, 6.07) is 0.257. The summed E-state index contributed by atoms with van der Waals surface area (Å²) in [7, 11) is -3.03. The minimum absolute atomic E-state index is 0.257. The summed E-state index contributed by atoms with van der Waals surface area (Å²) in [5.74, 6) is 0. The first-order valence-electron chi connectivity index (χ1n) is 2.76. The van der Waals surface area contributed by atoms with Crippen molar-refractivity contribution in [3.63, 3.8) is 0 Å². The van der Waals surface area contributed by atoms with E-state index in [-0.39, 0.29) is 6.04 Å². The molecule has 0 rings (SSSR count). The average Bonchev–Trinajstić information content (AvgIpc) is 1.30. The van der Waals surface area contributed by atoms with Gasteiger partial charge in [0.15, 0.2) is 0 Å². The molecule has 0 atom stereocenters. The van der Waals surface area contributed by atoms with E-state index in [4.69, 9.17) is 9.44 Å². The molecular weight excluding hydrogens is 66.1 g/mol. The van der Waals surface area contributed by atoms with Crippen molar-refractivity contribution in [2.45, 2.75) is 6.04 Å². The zero-order valence-electron chi connectivity index (χ0n) is 5.49. The SMILES string of the molecule is [3H][Si]([3H])([3H])CCN. The van der Waals surface area contributed by atoms with Crippen LogP contribution in [0.3, 0.4) is 0 Å². The van der Waals surface area contributed by atoms with Crippen LogP contribution in [0.1, 0.15) is 0 Å². The summed E-state index contributed by atoms with van der Waals surface area (Å²) in [6.45, 7) is 0.308. The van der Waals surface area contributed by atoms with Crippen LogP contribution in [-0.4, -0.2) is 20.3 Å². The predicted octanol–water partition coefficient (Wildman–Crippen LogP) is -1.27. The standard InChI is InChI=1S/C2H9NSi/c3-1-2-4/h1-3H2,4H3/i4T3. The van der Waals surface area contributed by atoms with E-state index in [0.29, 0.717) is 6.54 Å². The maximum absolute atomic E-state index is 6.72. The van der Waals surface area contributed by atoms with Gasteiger partial charge in [0.1, 0.15) is 0 Å². The second-order valence-electron chi connectivity index (χ2n) is 0.539. The third kappa shape index (κ3) is 2.18. The van der Waals surface area contributed by atoms with Gasteiger partial charge in [-0.15, -0.1) is 0 Å². The summed E-state index contributed by atoms with van der Waals surface area (Å²) in [5.41, 5.74) is 4.99. The van der Waals surface area contributed by atoms with Gasteiger partial charge in [0.25, 0.3) is 0 Å². The molecule has 0 aliphatic carbocycles. The molecule has 0 aromatic carbocycles. The highest BCUT2D eigenvalue weighted by molar-refractivity contribution is 6.08. The van der Waals surface area contributed by atoms with E-state index >= 15 is 0 Å². The van der Waals surface area contributed by atoms with Crippen molar-refractivity contribution >= 4 is 10.0 Å². The fourth-order valence-corrected chi connectivity index (χ4v) is 0. The Hall–Kier alpha value is 0.177. The fourth-order valence-electron chi connectivity index (χ4n) is 0. The van der Waals surface area contributed by atoms with Gasteiger partial charge in [0, 0.05) is 13.7 Å². The van der Waals surface area contributed by atoms with E-state index < -0.39 is 10.0 Å². The van der Waals surface area contributed by atoms with Crippen molar-refractivity contribution in [3.05, 3.63) is 0 Å². The quantitative estimate of drug-likeness (QED) is 0.412. The highest BCUT2D eigenvalue weighted by atomic mass is 28.1. The van der Waals surface area contributed by atoms with Crippen LogP contribution in [-0.2, 0) is 0 Å². The Balaban J connectivity index is 3.15. The molecule has 4 heavy (non-hydrogen) atoms. The van der Waals surface area contributed by atoms with Crippen LogP contribution in [0, 0.1) is 0 Å². The lowest BCUT2D eigenvalue weighted by Gasteiger charge is -1.69. The molecule has 0 saturated heterocycles. The van der Waals surface area contributed by atoms with Gasteiger partial charge in [-0.2, -0.15) is 0 Å². The number of hydrogen-bond acceptors (Lipinski definition) is 1. The molecule has 1 nitrogen and oxygen atoms in total. The van der Waals surface area contributed by atoms with Crippen molar-refractivity contribution < 1.29 is 0 Å². The number of rotatable bonds is 2. The second-order valence-corrected chi connectivity index (χ2v) is 1.04. The van der Waals surface area contributed by atoms with Crippen LogP contribution in [0.15, 0.2) is 0 Å². The lowest BCUT2D eigenvalue weighted by molar-refractivity contribution is 1.13. The molecule has 2 heteroatoms. The van der Waals surface area contributed by atoms with E-state index in [1.54, 1.807) is 0 Å². The van der Waals surface area contributed by atoms with Gasteiger partial charge < -0.3 is 5.73 Å². The van der Waals surface area contributed by atoms with Gasteiger partial charge >= 0.3 is 0 Å².